The van der Waals surface area contributed by atoms with Crippen molar-refractivity contribution < 1.29 is 0 Å². The van der Waals surface area contributed by atoms with Crippen molar-refractivity contribution in [3.05, 3.63) is 60.0 Å². The molecule has 3 rings (SSSR count). The fraction of sp³-hybridized carbons (Fsp3) is 0.0625. The number of rotatable bonds is 2. The van der Waals surface area contributed by atoms with Crippen LogP contribution in [0.25, 0.3) is 22.4 Å². The van der Waals surface area contributed by atoms with Crippen LogP contribution >= 0.6 is 0 Å². The predicted octanol–water partition coefficient (Wildman–Crippen LogP) is 3.32. The van der Waals surface area contributed by atoms with E-state index in [2.05, 4.69) is 21.3 Å². The summed E-state index contributed by atoms with van der Waals surface area (Å²) >= 11 is 0. The lowest BCUT2D eigenvalue weighted by atomic mass is 10.0. The number of aromatic amines is 1. The molecule has 0 amide bonds. The first kappa shape index (κ1) is 12.1. The maximum atomic E-state index is 9.17. The van der Waals surface area contributed by atoms with Gasteiger partial charge >= 0.3 is 0 Å². The number of H-pyrrole nitrogens is 1. The fourth-order valence-electron chi connectivity index (χ4n) is 2.10. The number of benzene rings is 1. The van der Waals surface area contributed by atoms with E-state index in [4.69, 9.17) is 0 Å². The van der Waals surface area contributed by atoms with Crippen LogP contribution in [-0.4, -0.2) is 15.2 Å². The van der Waals surface area contributed by atoms with Crippen LogP contribution < -0.4 is 0 Å². The van der Waals surface area contributed by atoms with E-state index in [1.165, 1.54) is 0 Å². The fourth-order valence-corrected chi connectivity index (χ4v) is 2.10. The second-order valence-electron chi connectivity index (χ2n) is 4.52. The molecule has 0 atom stereocenters. The van der Waals surface area contributed by atoms with Crippen LogP contribution in [0.15, 0.2) is 48.8 Å². The van der Waals surface area contributed by atoms with E-state index in [-0.39, 0.29) is 0 Å². The van der Waals surface area contributed by atoms with E-state index >= 15 is 0 Å². The quantitative estimate of drug-likeness (QED) is 0.768. The molecule has 96 valence electrons. The highest BCUT2D eigenvalue weighted by Gasteiger charge is 2.07. The highest BCUT2D eigenvalue weighted by Crippen LogP contribution is 2.25. The summed E-state index contributed by atoms with van der Waals surface area (Å²) in [6, 6.07) is 13.8. The van der Waals surface area contributed by atoms with Gasteiger partial charge in [0.1, 0.15) is 6.07 Å². The monoisotopic (exact) mass is 260 g/mol. The summed E-state index contributed by atoms with van der Waals surface area (Å²) in [4.78, 5) is 4.47. The van der Waals surface area contributed by atoms with Gasteiger partial charge in [-0.1, -0.05) is 24.3 Å². The van der Waals surface area contributed by atoms with Gasteiger partial charge in [0.15, 0.2) is 0 Å². The molecule has 0 aliphatic heterocycles. The van der Waals surface area contributed by atoms with Crippen molar-refractivity contribution in [1.82, 2.24) is 15.2 Å². The molecule has 1 N–H and O–H groups in total. The minimum atomic E-state index is 0.590. The Labute approximate surface area is 116 Å². The molecule has 0 bridgehead atoms. The zero-order chi connectivity index (χ0) is 13.9. The lowest BCUT2D eigenvalue weighted by Gasteiger charge is -2.05. The van der Waals surface area contributed by atoms with Crippen LogP contribution in [0.3, 0.4) is 0 Å². The number of nitrogens with zero attached hydrogens (tertiary/aromatic N) is 3. The highest BCUT2D eigenvalue weighted by molar-refractivity contribution is 5.71. The van der Waals surface area contributed by atoms with Gasteiger partial charge in [0.2, 0.25) is 0 Å². The standard InChI is InChI=1S/C16H12N4/c1-11-2-3-14(8-17)16(20-11)13-6-4-12(5-7-13)15-9-18-19-10-15/h2-7,9-10H,1H3,(H,18,19). The molecule has 3 aromatic rings. The molecule has 2 heterocycles. The number of pyridine rings is 1. The van der Waals surface area contributed by atoms with E-state index in [0.29, 0.717) is 5.56 Å². The summed E-state index contributed by atoms with van der Waals surface area (Å²) < 4.78 is 0. The van der Waals surface area contributed by atoms with Crippen molar-refractivity contribution >= 4 is 0 Å². The SMILES string of the molecule is Cc1ccc(C#N)c(-c2ccc(-c3cn[nH]c3)cc2)n1. The van der Waals surface area contributed by atoms with E-state index in [9.17, 15) is 5.26 Å². The molecule has 0 aliphatic carbocycles. The van der Waals surface area contributed by atoms with Crippen LogP contribution in [0.2, 0.25) is 0 Å². The van der Waals surface area contributed by atoms with Crippen LogP contribution in [-0.2, 0) is 0 Å². The van der Waals surface area contributed by atoms with Crippen molar-refractivity contribution in [2.24, 2.45) is 0 Å². The largest absolute Gasteiger partial charge is 0.285 e. The molecule has 4 heteroatoms. The molecule has 0 fully saturated rings. The van der Waals surface area contributed by atoms with E-state index in [1.54, 1.807) is 6.20 Å². The summed E-state index contributed by atoms with van der Waals surface area (Å²) in [6.45, 7) is 1.92. The maximum Gasteiger partial charge on any atom is 0.101 e. The lowest BCUT2D eigenvalue weighted by molar-refractivity contribution is 1.09. The molecule has 2 aromatic heterocycles. The lowest BCUT2D eigenvalue weighted by Crippen LogP contribution is -1.91. The third kappa shape index (κ3) is 2.17. The number of hydrogen-bond donors (Lipinski definition) is 1. The summed E-state index contributed by atoms with van der Waals surface area (Å²) in [5.41, 5.74) is 5.27. The van der Waals surface area contributed by atoms with E-state index in [0.717, 1.165) is 28.1 Å². The first-order chi connectivity index (χ1) is 9.78. The summed E-state index contributed by atoms with van der Waals surface area (Å²) in [7, 11) is 0. The second-order valence-corrected chi connectivity index (χ2v) is 4.52. The molecular weight excluding hydrogens is 248 g/mol. The summed E-state index contributed by atoms with van der Waals surface area (Å²) in [5, 5.41) is 15.9. The molecule has 4 nitrogen and oxygen atoms in total. The molecular formula is C16H12N4. The van der Waals surface area contributed by atoms with Gasteiger partial charge in [-0.05, 0) is 24.6 Å². The average Bonchev–Trinajstić information content (AvgIpc) is 3.02. The van der Waals surface area contributed by atoms with Gasteiger partial charge in [0.05, 0.1) is 17.5 Å². The van der Waals surface area contributed by atoms with Crippen LogP contribution in [0.4, 0.5) is 0 Å². The Morgan fingerprint density at radius 1 is 1.00 bits per heavy atom. The first-order valence-corrected chi connectivity index (χ1v) is 6.25. The van der Waals surface area contributed by atoms with Crippen molar-refractivity contribution in [1.29, 1.82) is 5.26 Å². The Kier molecular flexibility index (Phi) is 3.02. The van der Waals surface area contributed by atoms with Gasteiger partial charge in [0.25, 0.3) is 0 Å². The Balaban J connectivity index is 2.04. The smallest absolute Gasteiger partial charge is 0.101 e. The summed E-state index contributed by atoms with van der Waals surface area (Å²) in [6.07, 6.45) is 3.63. The van der Waals surface area contributed by atoms with Gasteiger partial charge in [-0.2, -0.15) is 10.4 Å². The van der Waals surface area contributed by atoms with Crippen LogP contribution in [0, 0.1) is 18.3 Å². The first-order valence-electron chi connectivity index (χ1n) is 6.25. The number of aromatic nitrogens is 3. The van der Waals surface area contributed by atoms with Gasteiger partial charge in [-0.25, -0.2) is 0 Å². The van der Waals surface area contributed by atoms with Crippen LogP contribution in [0.1, 0.15) is 11.3 Å². The third-order valence-electron chi connectivity index (χ3n) is 3.14. The molecule has 0 radical (unpaired) electrons. The second kappa shape index (κ2) is 4.98. The zero-order valence-electron chi connectivity index (χ0n) is 11.0. The number of aryl methyl sites for hydroxylation is 1. The Bertz CT molecular complexity index is 765. The number of hydrogen-bond acceptors (Lipinski definition) is 3. The van der Waals surface area contributed by atoms with Gasteiger partial charge in [-0.3, -0.25) is 10.1 Å². The summed E-state index contributed by atoms with van der Waals surface area (Å²) in [5.74, 6) is 0. The van der Waals surface area contributed by atoms with Gasteiger partial charge in [-0.15, -0.1) is 0 Å². The van der Waals surface area contributed by atoms with E-state index < -0.39 is 0 Å². The maximum absolute atomic E-state index is 9.17. The Morgan fingerprint density at radius 3 is 2.40 bits per heavy atom. The van der Waals surface area contributed by atoms with Crippen molar-refractivity contribution in [2.75, 3.05) is 0 Å². The third-order valence-corrected chi connectivity index (χ3v) is 3.14. The number of nitrogens with one attached hydrogen (secondary N) is 1. The minimum Gasteiger partial charge on any atom is -0.285 e. The Morgan fingerprint density at radius 2 is 1.75 bits per heavy atom. The predicted molar refractivity (Wildman–Crippen MR) is 76.7 cm³/mol. The minimum absolute atomic E-state index is 0.590. The van der Waals surface area contributed by atoms with Crippen molar-refractivity contribution in [3.63, 3.8) is 0 Å². The topological polar surface area (TPSA) is 65.4 Å². The molecule has 1 aromatic carbocycles. The van der Waals surface area contributed by atoms with Crippen molar-refractivity contribution in [3.8, 4) is 28.5 Å². The Hall–Kier alpha value is -2.93. The number of nitriles is 1. The zero-order valence-corrected chi connectivity index (χ0v) is 11.0. The molecule has 0 aliphatic rings. The van der Waals surface area contributed by atoms with Crippen molar-refractivity contribution in [2.45, 2.75) is 6.92 Å². The normalized spacial score (nSPS) is 10.2. The molecule has 20 heavy (non-hydrogen) atoms. The molecule has 0 spiro atoms. The molecule has 0 unspecified atom stereocenters. The van der Waals surface area contributed by atoms with E-state index in [1.807, 2.05) is 49.5 Å². The average molecular weight is 260 g/mol. The highest BCUT2D eigenvalue weighted by atomic mass is 15.1. The molecule has 0 saturated carbocycles. The van der Waals surface area contributed by atoms with Gasteiger partial charge in [0, 0.05) is 23.0 Å². The van der Waals surface area contributed by atoms with Crippen LogP contribution in [0.5, 0.6) is 0 Å². The molecule has 0 saturated heterocycles. The van der Waals surface area contributed by atoms with Gasteiger partial charge < -0.3 is 0 Å².